The molecule has 59 heavy (non-hydrogen) atoms. The van der Waals surface area contributed by atoms with E-state index in [0.29, 0.717) is 37.1 Å². The lowest BCUT2D eigenvalue weighted by Crippen LogP contribution is -2.59. The highest BCUT2D eigenvalue weighted by Gasteiger charge is 2.43. The molecule has 3 rings (SSSR count). The van der Waals surface area contributed by atoms with E-state index in [-0.39, 0.29) is 60.8 Å². The molecule has 4 N–H and O–H groups in total. The van der Waals surface area contributed by atoms with Crippen LogP contribution in [0, 0.1) is 17.8 Å². The monoisotopic (exact) mass is 824 g/mol. The van der Waals surface area contributed by atoms with Crippen LogP contribution in [-0.4, -0.2) is 144 Å². The zero-order valence-corrected chi connectivity index (χ0v) is 37.0. The van der Waals surface area contributed by atoms with Crippen LogP contribution in [0.1, 0.15) is 78.5 Å². The Morgan fingerprint density at radius 2 is 1.61 bits per heavy atom. The maximum atomic E-state index is 14.3. The van der Waals surface area contributed by atoms with Gasteiger partial charge in [0.15, 0.2) is 0 Å². The molecule has 8 atom stereocenters. The van der Waals surface area contributed by atoms with E-state index in [4.69, 9.17) is 9.47 Å². The van der Waals surface area contributed by atoms with Crippen LogP contribution in [0.5, 0.6) is 0 Å². The van der Waals surface area contributed by atoms with Gasteiger partial charge in [0.1, 0.15) is 17.8 Å². The van der Waals surface area contributed by atoms with E-state index in [0.717, 1.165) is 5.56 Å². The van der Waals surface area contributed by atoms with Gasteiger partial charge in [0.2, 0.25) is 29.5 Å². The molecule has 0 bridgehead atoms. The zero-order valence-electron chi connectivity index (χ0n) is 37.0. The number of hydrogen-bond donors (Lipinski definition) is 4. The first kappa shape index (κ1) is 48.7. The number of nitrogens with one attached hydrogen (secondary N) is 4. The normalized spacial score (nSPS) is 17.8. The Hall–Kier alpha value is -4.67. The van der Waals surface area contributed by atoms with Crippen molar-refractivity contribution in [2.75, 3.05) is 41.9 Å². The maximum absolute atomic E-state index is 14.3. The number of ether oxygens (including phenoxy) is 2. The molecule has 16 heteroatoms. The van der Waals surface area contributed by atoms with Gasteiger partial charge >= 0.3 is 0 Å². The summed E-state index contributed by atoms with van der Waals surface area (Å²) in [6.45, 7) is 16.2. The number of rotatable bonds is 23. The first-order chi connectivity index (χ1) is 28.0. The fraction of sp³-hybridized carbons (Fsp3) is 0.651. The summed E-state index contributed by atoms with van der Waals surface area (Å²) in [5, 5.41) is 19.1. The summed E-state index contributed by atoms with van der Waals surface area (Å²) in [6, 6.07) is 6.17. The molecule has 328 valence electrons. The van der Waals surface area contributed by atoms with Gasteiger partial charge in [0.05, 0.1) is 55.4 Å². The van der Waals surface area contributed by atoms with Crippen LogP contribution >= 0.6 is 0 Å². The lowest BCUT2D eigenvalue weighted by Gasteiger charge is -2.39. The van der Waals surface area contributed by atoms with E-state index < -0.39 is 48.3 Å². The van der Waals surface area contributed by atoms with E-state index in [1.165, 1.54) is 20.4 Å². The van der Waals surface area contributed by atoms with Crippen LogP contribution in [-0.2, 0) is 46.4 Å². The molecule has 2 unspecified atom stereocenters. The zero-order chi connectivity index (χ0) is 44.0. The van der Waals surface area contributed by atoms with Crippen molar-refractivity contribution in [3.63, 3.8) is 0 Å². The number of H-pyrrole nitrogens is 1. The molecule has 0 radical (unpaired) electrons. The summed E-state index contributed by atoms with van der Waals surface area (Å²) in [6.07, 6.45) is 2.10. The van der Waals surface area contributed by atoms with E-state index in [1.54, 1.807) is 23.8 Å². The third-order valence-electron chi connectivity index (χ3n) is 11.4. The van der Waals surface area contributed by atoms with E-state index in [2.05, 4.69) is 37.9 Å². The van der Waals surface area contributed by atoms with Crippen LogP contribution in [0.3, 0.4) is 0 Å². The predicted octanol–water partition coefficient (Wildman–Crippen LogP) is 2.72. The number of amides is 5. The van der Waals surface area contributed by atoms with Gasteiger partial charge in [-0.3, -0.25) is 28.9 Å². The Labute approximate surface area is 350 Å². The predicted molar refractivity (Wildman–Crippen MR) is 225 cm³/mol. The van der Waals surface area contributed by atoms with Crippen molar-refractivity contribution in [1.29, 1.82) is 0 Å². The number of hydrogen-bond acceptors (Lipinski definition) is 10. The molecule has 2 aromatic rings. The number of aromatic nitrogens is 3. The third kappa shape index (κ3) is 13.2. The number of carbonyl (C=O) groups is 5. The largest absolute Gasteiger partial charge is 0.378 e. The molecule has 5 amide bonds. The average molecular weight is 824 g/mol. The molecule has 1 aliphatic rings. The number of aromatic amines is 1. The molecular formula is C43H69N9O7. The van der Waals surface area contributed by atoms with Crippen molar-refractivity contribution in [2.45, 2.75) is 123 Å². The van der Waals surface area contributed by atoms with Gasteiger partial charge in [-0.25, -0.2) is 0 Å². The Kier molecular flexibility index (Phi) is 19.2. The number of benzene rings is 1. The van der Waals surface area contributed by atoms with Gasteiger partial charge in [-0.05, 0) is 50.8 Å². The second-order valence-corrected chi connectivity index (χ2v) is 16.5. The minimum absolute atomic E-state index is 0.0196. The van der Waals surface area contributed by atoms with Crippen LogP contribution in [0.25, 0.3) is 0 Å². The quantitative estimate of drug-likeness (QED) is 0.121. The lowest BCUT2D eigenvalue weighted by molar-refractivity contribution is -0.145. The smallest absolute Gasteiger partial charge is 0.245 e. The van der Waals surface area contributed by atoms with Gasteiger partial charge in [0, 0.05) is 34.2 Å². The molecule has 1 aromatic heterocycles. The second-order valence-electron chi connectivity index (χ2n) is 16.5. The first-order valence-corrected chi connectivity index (χ1v) is 20.7. The summed E-state index contributed by atoms with van der Waals surface area (Å²) >= 11 is 0. The van der Waals surface area contributed by atoms with Crippen LogP contribution in [0.2, 0.25) is 0 Å². The van der Waals surface area contributed by atoms with E-state index >= 15 is 0 Å². The molecule has 2 heterocycles. The number of likely N-dealkylation sites (tertiary alicyclic amines) is 1. The summed E-state index contributed by atoms with van der Waals surface area (Å²) < 4.78 is 12.0. The van der Waals surface area contributed by atoms with Crippen molar-refractivity contribution in [2.24, 2.45) is 17.8 Å². The first-order valence-electron chi connectivity index (χ1n) is 20.7. The van der Waals surface area contributed by atoms with Crippen LogP contribution in [0.15, 0.2) is 48.7 Å². The van der Waals surface area contributed by atoms with Gasteiger partial charge in [-0.2, -0.15) is 15.4 Å². The van der Waals surface area contributed by atoms with Crippen molar-refractivity contribution in [3.8, 4) is 0 Å². The molecule has 0 saturated carbocycles. The van der Waals surface area contributed by atoms with Crippen molar-refractivity contribution < 1.29 is 33.4 Å². The molecule has 0 aliphatic carbocycles. The van der Waals surface area contributed by atoms with E-state index in [1.807, 2.05) is 83.9 Å². The van der Waals surface area contributed by atoms with Crippen LogP contribution in [0.4, 0.5) is 0 Å². The molecule has 16 nitrogen and oxygen atoms in total. The number of methoxy groups -OCH3 is 2. The fourth-order valence-electron chi connectivity index (χ4n) is 8.11. The Bertz CT molecular complexity index is 1660. The molecule has 1 fully saturated rings. The van der Waals surface area contributed by atoms with Crippen molar-refractivity contribution in [1.82, 2.24) is 46.1 Å². The molecule has 0 spiro atoms. The highest BCUT2D eigenvalue weighted by molar-refractivity contribution is 5.91. The Balaban J connectivity index is 1.79. The van der Waals surface area contributed by atoms with E-state index in [9.17, 15) is 24.0 Å². The van der Waals surface area contributed by atoms with Gasteiger partial charge in [-0.15, -0.1) is 0 Å². The number of nitrogens with zero attached hydrogens (tertiary/aromatic N) is 5. The topological polar surface area (TPSA) is 191 Å². The molecule has 1 aliphatic heterocycles. The summed E-state index contributed by atoms with van der Waals surface area (Å²) in [5.41, 5.74) is 2.12. The minimum Gasteiger partial charge on any atom is -0.378 e. The van der Waals surface area contributed by atoms with Crippen molar-refractivity contribution >= 4 is 29.5 Å². The Morgan fingerprint density at radius 3 is 2.15 bits per heavy atom. The summed E-state index contributed by atoms with van der Waals surface area (Å²) in [5.74, 6) is -2.45. The standard InChI is InChI=1S/C43H69N9O7/c1-13-28(6)38(51(10)43(57)36(26(2)3)47-42(56)37(27(4)5)50(8)9)34(58-11)23-35(53)52-21-17-20-33(52)39(59-12)29(7)40(54)46-32(22-30-18-15-14-16-19-30)41(55)44-24-31-25-45-49-48-31/h14-16,18-19,25-27,29,32-34,36-39H,6,13,17,20-24H2,1-5,7-12H3,(H,44,55)(H,46,54)(H,47,56)(H,45,48,49)/t29-,32+,33+,34?,36+,37+,38?,39-/m1/s1. The Morgan fingerprint density at radius 1 is 0.932 bits per heavy atom. The third-order valence-corrected chi connectivity index (χ3v) is 11.4. The van der Waals surface area contributed by atoms with Crippen LogP contribution < -0.4 is 16.0 Å². The van der Waals surface area contributed by atoms with Crippen molar-refractivity contribution in [3.05, 3.63) is 59.9 Å². The SMILES string of the molecule is C=C(CC)C(C(CC(=O)N1CCC[C@H]1[C@H](OC)[C@@H](C)C(=O)N[C@@H](Cc1ccccc1)C(=O)NCc1cn[nH]n1)OC)N(C)C(=O)[C@@H](NC(=O)[C@H](C(C)C)N(C)C)C(C)C. The summed E-state index contributed by atoms with van der Waals surface area (Å²) in [7, 11) is 8.38. The summed E-state index contributed by atoms with van der Waals surface area (Å²) in [4.78, 5) is 74.6. The number of likely N-dealkylation sites (N-methyl/N-ethyl adjacent to an activating group) is 2. The fourth-order valence-corrected chi connectivity index (χ4v) is 8.11. The highest BCUT2D eigenvalue weighted by Crippen LogP contribution is 2.29. The average Bonchev–Trinajstić information content (AvgIpc) is 3.91. The number of carbonyl (C=O) groups excluding carboxylic acids is 5. The van der Waals surface area contributed by atoms with Gasteiger partial charge < -0.3 is 35.2 Å². The lowest BCUT2D eigenvalue weighted by atomic mass is 9.92. The molecular weight excluding hydrogens is 755 g/mol. The van der Waals surface area contributed by atoms with Gasteiger partial charge in [-0.1, -0.05) is 84.0 Å². The molecule has 1 aromatic carbocycles. The highest BCUT2D eigenvalue weighted by atomic mass is 16.5. The van der Waals surface area contributed by atoms with Gasteiger partial charge in [0.25, 0.3) is 0 Å². The second kappa shape index (κ2) is 23.2. The maximum Gasteiger partial charge on any atom is 0.245 e. The molecule has 1 saturated heterocycles. The minimum atomic E-state index is -0.892.